The molecule has 0 aliphatic carbocycles. The first-order chi connectivity index (χ1) is 15.3. The van der Waals surface area contributed by atoms with Crippen LogP contribution in [0.15, 0.2) is 48.7 Å². The van der Waals surface area contributed by atoms with Gasteiger partial charge in [-0.1, -0.05) is 0 Å². The van der Waals surface area contributed by atoms with Gasteiger partial charge in [0.15, 0.2) is 12.4 Å². The van der Waals surface area contributed by atoms with E-state index in [1.807, 2.05) is 0 Å². The second kappa shape index (κ2) is 9.51. The molecule has 3 rings (SSSR count). The number of rotatable bonds is 9. The quantitative estimate of drug-likeness (QED) is 0.388. The molecule has 32 heavy (non-hydrogen) atoms. The van der Waals surface area contributed by atoms with Crippen LogP contribution in [0.5, 0.6) is 11.5 Å². The minimum absolute atomic E-state index is 0.0513. The summed E-state index contributed by atoms with van der Waals surface area (Å²) in [7, 11) is 0. The highest BCUT2D eigenvalue weighted by molar-refractivity contribution is 6.04. The van der Waals surface area contributed by atoms with Crippen LogP contribution < -0.4 is 14.8 Å². The van der Waals surface area contributed by atoms with Crippen LogP contribution in [-0.2, 0) is 6.73 Å². The van der Waals surface area contributed by atoms with Gasteiger partial charge in [-0.3, -0.25) is 25.0 Å². The Hall–Kier alpha value is -4.55. The van der Waals surface area contributed by atoms with Gasteiger partial charge in [0.05, 0.1) is 22.5 Å². The van der Waals surface area contributed by atoms with Gasteiger partial charge in [0.1, 0.15) is 17.3 Å². The average molecular weight is 445 g/mol. The van der Waals surface area contributed by atoms with Crippen LogP contribution in [-0.4, -0.2) is 32.1 Å². The Morgan fingerprint density at radius 1 is 1.09 bits per heavy atom. The number of carbonyl (C=O) groups excluding carboxylic acids is 1. The highest BCUT2D eigenvalue weighted by Crippen LogP contribution is 2.30. The summed E-state index contributed by atoms with van der Waals surface area (Å²) in [5, 5.41) is 28.7. The molecule has 166 valence electrons. The molecule has 12 nitrogen and oxygen atoms in total. The Morgan fingerprint density at radius 2 is 1.84 bits per heavy atom. The number of aromatic nitrogens is 2. The van der Waals surface area contributed by atoms with Crippen molar-refractivity contribution < 1.29 is 28.5 Å². The van der Waals surface area contributed by atoms with Gasteiger partial charge >= 0.3 is 5.69 Å². The van der Waals surface area contributed by atoms with E-state index in [4.69, 9.17) is 9.47 Å². The molecular formula is C19H16FN5O7. The van der Waals surface area contributed by atoms with Crippen LogP contribution in [0, 0.1) is 26.0 Å². The lowest BCUT2D eigenvalue weighted by Crippen LogP contribution is -2.15. The highest BCUT2D eigenvalue weighted by atomic mass is 19.1. The lowest BCUT2D eigenvalue weighted by Gasteiger charge is -2.08. The Morgan fingerprint density at radius 3 is 2.53 bits per heavy atom. The summed E-state index contributed by atoms with van der Waals surface area (Å²) < 4.78 is 25.0. The number of halogens is 1. The molecular weight excluding hydrogens is 429 g/mol. The lowest BCUT2D eigenvalue weighted by molar-refractivity contribution is -0.386. The second-order valence-corrected chi connectivity index (χ2v) is 6.21. The van der Waals surface area contributed by atoms with Crippen LogP contribution >= 0.6 is 0 Å². The molecule has 1 N–H and O–H groups in total. The molecule has 13 heteroatoms. The van der Waals surface area contributed by atoms with Gasteiger partial charge < -0.3 is 14.8 Å². The van der Waals surface area contributed by atoms with Crippen LogP contribution in [0.4, 0.5) is 21.5 Å². The van der Waals surface area contributed by atoms with Crippen molar-refractivity contribution in [2.24, 2.45) is 0 Å². The normalized spacial score (nSPS) is 10.4. The van der Waals surface area contributed by atoms with E-state index in [1.54, 1.807) is 6.92 Å². The Bertz CT molecular complexity index is 1180. The summed E-state index contributed by atoms with van der Waals surface area (Å²) in [5.41, 5.74) is -0.931. The third-order valence-corrected chi connectivity index (χ3v) is 4.07. The Kier molecular flexibility index (Phi) is 6.58. The first-order valence-corrected chi connectivity index (χ1v) is 9.11. The molecule has 0 spiro atoms. The maximum atomic E-state index is 13.4. The van der Waals surface area contributed by atoms with Crippen molar-refractivity contribution in [2.75, 3.05) is 11.9 Å². The summed E-state index contributed by atoms with van der Waals surface area (Å²) in [5.74, 6) is -1.47. The molecule has 0 bridgehead atoms. The average Bonchev–Trinajstić information content (AvgIpc) is 3.22. The van der Waals surface area contributed by atoms with Crippen molar-refractivity contribution in [3.63, 3.8) is 0 Å². The van der Waals surface area contributed by atoms with E-state index in [0.717, 1.165) is 22.9 Å². The molecule has 0 aliphatic rings. The number of anilines is 1. The molecule has 0 saturated carbocycles. The smallest absolute Gasteiger partial charge is 0.311 e. The summed E-state index contributed by atoms with van der Waals surface area (Å²) in [6.07, 6.45) is 1.35. The standard InChI is InChI=1S/C19H16FN5O7/c1-2-31-13-4-5-14(17(10-13)25(29)30)21-19(26)15-7-8-23(22-15)11-32-18-9-12(20)3-6-16(18)24(27)28/h3-10H,2,11H2,1H3,(H,21,26). The topological polar surface area (TPSA) is 152 Å². The van der Waals surface area contributed by atoms with Crippen LogP contribution in [0.25, 0.3) is 0 Å². The maximum absolute atomic E-state index is 13.4. The zero-order valence-corrected chi connectivity index (χ0v) is 16.6. The minimum atomic E-state index is -0.729. The van der Waals surface area contributed by atoms with Crippen LogP contribution in [0.2, 0.25) is 0 Å². The van der Waals surface area contributed by atoms with E-state index in [0.29, 0.717) is 6.61 Å². The zero-order valence-electron chi connectivity index (χ0n) is 16.6. The SMILES string of the molecule is CCOc1ccc(NC(=O)c2ccn(COc3cc(F)ccc3[N+](=O)[O-])n2)c([N+](=O)[O-])c1. The van der Waals surface area contributed by atoms with Gasteiger partial charge in [0.2, 0.25) is 5.75 Å². The van der Waals surface area contributed by atoms with E-state index in [2.05, 4.69) is 10.4 Å². The summed E-state index contributed by atoms with van der Waals surface area (Å²) in [6.45, 7) is 1.70. The summed E-state index contributed by atoms with van der Waals surface area (Å²) in [4.78, 5) is 33.4. The van der Waals surface area contributed by atoms with Gasteiger partial charge in [0, 0.05) is 18.3 Å². The van der Waals surface area contributed by atoms with Gasteiger partial charge in [-0.2, -0.15) is 5.10 Å². The first kappa shape index (κ1) is 22.1. The summed E-state index contributed by atoms with van der Waals surface area (Å²) in [6, 6.07) is 8.09. The molecule has 0 fully saturated rings. The van der Waals surface area contributed by atoms with Crippen molar-refractivity contribution in [3.05, 3.63) is 80.4 Å². The molecule has 0 unspecified atom stereocenters. The number of nitrogens with one attached hydrogen (secondary N) is 1. The van der Waals surface area contributed by atoms with Crippen LogP contribution in [0.3, 0.4) is 0 Å². The number of benzene rings is 2. The molecule has 0 atom stereocenters. The van der Waals surface area contributed by atoms with E-state index >= 15 is 0 Å². The fourth-order valence-electron chi connectivity index (χ4n) is 2.66. The lowest BCUT2D eigenvalue weighted by atomic mass is 10.2. The summed E-state index contributed by atoms with van der Waals surface area (Å²) >= 11 is 0. The van der Waals surface area contributed by atoms with E-state index in [1.165, 1.54) is 30.5 Å². The fraction of sp³-hybridized carbons (Fsp3) is 0.158. The molecule has 2 aromatic carbocycles. The molecule has 0 aliphatic heterocycles. The van der Waals surface area contributed by atoms with Crippen molar-refractivity contribution >= 4 is 23.0 Å². The van der Waals surface area contributed by atoms with Crippen molar-refractivity contribution in [3.8, 4) is 11.5 Å². The maximum Gasteiger partial charge on any atom is 0.311 e. The molecule has 1 amide bonds. The van der Waals surface area contributed by atoms with Gasteiger partial charge in [-0.25, -0.2) is 9.07 Å². The molecule has 0 radical (unpaired) electrons. The number of carbonyl (C=O) groups is 1. The number of ether oxygens (including phenoxy) is 2. The van der Waals surface area contributed by atoms with Gasteiger partial charge in [-0.15, -0.1) is 0 Å². The number of amides is 1. The Balaban J connectivity index is 1.71. The fourth-order valence-corrected chi connectivity index (χ4v) is 2.66. The van der Waals surface area contributed by atoms with Gasteiger partial charge in [-0.05, 0) is 31.2 Å². The van der Waals surface area contributed by atoms with E-state index in [-0.39, 0.29) is 35.3 Å². The minimum Gasteiger partial charge on any atom is -0.494 e. The van der Waals surface area contributed by atoms with E-state index in [9.17, 15) is 29.4 Å². The Labute approximate surface area is 179 Å². The third kappa shape index (κ3) is 5.13. The number of nitro benzene ring substituents is 2. The third-order valence-electron chi connectivity index (χ3n) is 4.07. The van der Waals surface area contributed by atoms with Crippen molar-refractivity contribution in [2.45, 2.75) is 13.7 Å². The van der Waals surface area contributed by atoms with Crippen molar-refractivity contribution in [1.29, 1.82) is 0 Å². The highest BCUT2D eigenvalue weighted by Gasteiger charge is 2.20. The molecule has 1 aromatic heterocycles. The second-order valence-electron chi connectivity index (χ2n) is 6.21. The number of nitrogens with zero attached hydrogens (tertiary/aromatic N) is 4. The largest absolute Gasteiger partial charge is 0.494 e. The van der Waals surface area contributed by atoms with Crippen LogP contribution in [0.1, 0.15) is 17.4 Å². The number of nitro groups is 2. The number of hydrogen-bond donors (Lipinski definition) is 1. The number of hydrogen-bond acceptors (Lipinski definition) is 8. The van der Waals surface area contributed by atoms with E-state index < -0.39 is 27.3 Å². The zero-order chi connectivity index (χ0) is 23.3. The van der Waals surface area contributed by atoms with Gasteiger partial charge in [0.25, 0.3) is 11.6 Å². The first-order valence-electron chi connectivity index (χ1n) is 9.11. The van der Waals surface area contributed by atoms with Crippen molar-refractivity contribution in [1.82, 2.24) is 9.78 Å². The monoisotopic (exact) mass is 445 g/mol. The molecule has 0 saturated heterocycles. The predicted octanol–water partition coefficient (Wildman–Crippen LogP) is 3.53. The molecule has 1 heterocycles. The predicted molar refractivity (Wildman–Crippen MR) is 108 cm³/mol. The molecule has 3 aromatic rings.